The van der Waals surface area contributed by atoms with Crippen molar-refractivity contribution in [1.29, 1.82) is 16.2 Å². The highest BCUT2D eigenvalue weighted by molar-refractivity contribution is 7.80. The van der Waals surface area contributed by atoms with Crippen LogP contribution in [0.4, 0.5) is 0 Å². The van der Waals surface area contributed by atoms with E-state index in [1.54, 1.807) is 81.4 Å². The molecule has 0 spiro atoms. The fourth-order valence-electron chi connectivity index (χ4n) is 10.9. The summed E-state index contributed by atoms with van der Waals surface area (Å²) in [5.74, 6) is -18.6. The second kappa shape index (κ2) is 54.4. The van der Waals surface area contributed by atoms with Crippen LogP contribution in [0.1, 0.15) is 110 Å². The van der Waals surface area contributed by atoms with Crippen LogP contribution in [0.15, 0.2) is 60.7 Å². The number of carboxylic acid groups (broad SMARTS) is 1. The van der Waals surface area contributed by atoms with Crippen molar-refractivity contribution in [2.24, 2.45) is 34.8 Å². The van der Waals surface area contributed by atoms with E-state index in [4.69, 9.17) is 39.2 Å². The number of benzene rings is 2. The van der Waals surface area contributed by atoms with Crippen LogP contribution in [0.3, 0.4) is 0 Å². The SMILES string of the molecule is CC[C@H](C)[C@H](NC(=O)[C@H](CCCNC(=N)N)NC(=O)CNC(=O)[C@H](C)NC(=O)[C@H](Cc1ccccc1)NC(=O)[C@@H](C)NC(=O)[C@H](CS)NC(=O)[C@H](CO)NC(=O)[C@@H](N)CO)C(=O)N[C@@H](CC(=O)O)C(=O)N[C@@H](CCCNC(=N)N)C(=O)N[C@H](C(=O)N[C@@H](CS)C(=O)N[C@@H](Cc1ccccc1)C(=O)N[C@H](C=O)CCCNC(=N)N)[C@@H](C)CC. The van der Waals surface area contributed by atoms with E-state index in [2.05, 4.69) is 116 Å². The third kappa shape index (κ3) is 38.7. The van der Waals surface area contributed by atoms with Gasteiger partial charge in [-0.1, -0.05) is 101 Å². The van der Waals surface area contributed by atoms with E-state index >= 15 is 0 Å². The summed E-state index contributed by atoms with van der Waals surface area (Å²) >= 11 is 8.41. The number of aliphatic carboxylic acids is 1. The Morgan fingerprint density at radius 1 is 0.410 bits per heavy atom. The van der Waals surface area contributed by atoms with E-state index in [1.165, 1.54) is 20.8 Å². The van der Waals surface area contributed by atoms with Crippen LogP contribution in [0, 0.1) is 28.1 Å². The number of nitrogens with two attached hydrogens (primary N) is 4. The van der Waals surface area contributed by atoms with E-state index in [9.17, 15) is 92.0 Å². The van der Waals surface area contributed by atoms with Crippen molar-refractivity contribution in [3.05, 3.63) is 71.8 Å². The highest BCUT2D eigenvalue weighted by Gasteiger charge is 2.39. The third-order valence-electron chi connectivity index (χ3n) is 18.1. The number of nitrogens with one attached hydrogen (secondary N) is 20. The van der Waals surface area contributed by atoms with Gasteiger partial charge in [0, 0.05) is 44.0 Å². The minimum absolute atomic E-state index is 0.00304. The first-order valence-corrected chi connectivity index (χ1v) is 39.0. The zero-order chi connectivity index (χ0) is 88.0. The van der Waals surface area contributed by atoms with E-state index < -0.39 is 223 Å². The van der Waals surface area contributed by atoms with Gasteiger partial charge in [0.15, 0.2) is 17.9 Å². The van der Waals surface area contributed by atoms with Crippen LogP contribution in [-0.4, -0.2) is 264 Å². The molecule has 0 heterocycles. The molecule has 14 amide bonds. The van der Waals surface area contributed by atoms with Gasteiger partial charge in [0.25, 0.3) is 0 Å². The molecule has 2 aromatic rings. The number of hydrogen-bond donors (Lipinski definition) is 29. The van der Waals surface area contributed by atoms with Crippen LogP contribution in [0.5, 0.6) is 0 Å². The third-order valence-corrected chi connectivity index (χ3v) is 18.8. The largest absolute Gasteiger partial charge is 0.481 e. The lowest BCUT2D eigenvalue weighted by Crippen LogP contribution is -2.62. The first-order valence-electron chi connectivity index (χ1n) is 37.8. The topological polar surface area (TPSA) is 714 Å². The normalized spacial score (nSPS) is 15.0. The molecule has 0 saturated heterocycles. The molecular formula is C72H116N24O19S2. The molecule has 0 bridgehead atoms. The molecule has 45 heteroatoms. The first-order chi connectivity index (χ1) is 55.4. The van der Waals surface area contributed by atoms with Gasteiger partial charge < -0.3 is 133 Å². The maximum Gasteiger partial charge on any atom is 0.305 e. The Morgan fingerprint density at radius 3 is 1.18 bits per heavy atom. The number of aldehydes is 1. The predicted octanol–water partition coefficient (Wildman–Crippen LogP) is -8.34. The molecule has 0 saturated carbocycles. The highest BCUT2D eigenvalue weighted by Crippen LogP contribution is 2.15. The van der Waals surface area contributed by atoms with Crippen molar-refractivity contribution in [1.82, 2.24) is 90.4 Å². The van der Waals surface area contributed by atoms with Crippen molar-refractivity contribution in [2.75, 3.05) is 50.9 Å². The fraction of sp³-hybridized carbons (Fsp3) is 0.569. The van der Waals surface area contributed by atoms with Gasteiger partial charge in [0.05, 0.1) is 32.2 Å². The smallest absolute Gasteiger partial charge is 0.305 e. The monoisotopic (exact) mass is 1680 g/mol. The Hall–Kier alpha value is -11.5. The number of carbonyl (C=O) groups is 16. The minimum Gasteiger partial charge on any atom is -0.481 e. The van der Waals surface area contributed by atoms with Crippen molar-refractivity contribution in [2.45, 2.75) is 197 Å². The summed E-state index contributed by atoms with van der Waals surface area (Å²) < 4.78 is 0. The van der Waals surface area contributed by atoms with Crippen LogP contribution in [-0.2, 0) is 89.6 Å². The predicted molar refractivity (Wildman–Crippen MR) is 434 cm³/mol. The molecule has 0 aliphatic rings. The summed E-state index contributed by atoms with van der Waals surface area (Å²) in [6.45, 7) is 6.60. The van der Waals surface area contributed by atoms with Crippen molar-refractivity contribution in [3.63, 3.8) is 0 Å². The van der Waals surface area contributed by atoms with Crippen molar-refractivity contribution >= 4 is 138 Å². The Bertz CT molecular complexity index is 3690. The summed E-state index contributed by atoms with van der Waals surface area (Å²) in [5, 5.41) is 93.8. The number of aliphatic hydroxyl groups is 2. The van der Waals surface area contributed by atoms with Gasteiger partial charge in [-0.3, -0.25) is 88.1 Å². The average Bonchev–Trinajstić information content (AvgIpc) is 0.851. The quantitative estimate of drug-likeness (QED) is 0.00961. The number of hydrogen-bond acceptors (Lipinski definition) is 24. The van der Waals surface area contributed by atoms with Gasteiger partial charge in [0.1, 0.15) is 84.8 Å². The maximum atomic E-state index is 14.6. The lowest BCUT2D eigenvalue weighted by molar-refractivity contribution is -0.142. The molecule has 0 radical (unpaired) electrons. The lowest BCUT2D eigenvalue weighted by Gasteiger charge is -2.30. The zero-order valence-corrected chi connectivity index (χ0v) is 67.9. The van der Waals surface area contributed by atoms with Gasteiger partial charge in [-0.25, -0.2) is 0 Å². The maximum absolute atomic E-state index is 14.6. The van der Waals surface area contributed by atoms with Gasteiger partial charge in [-0.05, 0) is 75.3 Å². The molecule has 117 heavy (non-hydrogen) atoms. The van der Waals surface area contributed by atoms with E-state index in [0.717, 1.165) is 0 Å². The average molecular weight is 1690 g/mol. The molecule has 16 atom stereocenters. The number of aliphatic hydroxyl groups excluding tert-OH is 2. The Balaban J connectivity index is 2.40. The number of rotatable bonds is 55. The van der Waals surface area contributed by atoms with Crippen LogP contribution in [0.25, 0.3) is 0 Å². The summed E-state index contributed by atoms with van der Waals surface area (Å²) in [5.41, 5.74) is 23.0. The minimum atomic E-state index is -1.99. The number of guanidine groups is 3. The van der Waals surface area contributed by atoms with Crippen molar-refractivity contribution in [3.8, 4) is 0 Å². The van der Waals surface area contributed by atoms with Gasteiger partial charge in [-0.15, -0.1) is 0 Å². The summed E-state index contributed by atoms with van der Waals surface area (Å²) in [7, 11) is 0. The molecule has 0 aliphatic carbocycles. The summed E-state index contributed by atoms with van der Waals surface area (Å²) in [6, 6.07) is -3.83. The Labute approximate surface area is 687 Å². The Kier molecular flexibility index (Phi) is 47.3. The van der Waals surface area contributed by atoms with E-state index in [0.29, 0.717) is 23.8 Å². The molecule has 650 valence electrons. The second-order valence-corrected chi connectivity index (χ2v) is 28.2. The second-order valence-electron chi connectivity index (χ2n) is 27.5. The molecule has 43 nitrogen and oxygen atoms in total. The molecule has 0 aliphatic heterocycles. The lowest BCUT2D eigenvalue weighted by atomic mass is 9.96. The molecule has 0 fully saturated rings. The number of carboxylic acids is 1. The summed E-state index contributed by atoms with van der Waals surface area (Å²) in [6.07, 6.45) is -0.388. The van der Waals surface area contributed by atoms with Crippen LogP contribution < -0.4 is 113 Å². The van der Waals surface area contributed by atoms with Crippen molar-refractivity contribution < 1.29 is 92.0 Å². The molecular weight excluding hydrogens is 1570 g/mol. The number of amides is 14. The molecule has 2 rings (SSSR count). The van der Waals surface area contributed by atoms with Crippen LogP contribution >= 0.6 is 25.3 Å². The van der Waals surface area contributed by atoms with Gasteiger partial charge in [-0.2, -0.15) is 25.3 Å². The molecule has 0 unspecified atom stereocenters. The highest BCUT2D eigenvalue weighted by atomic mass is 32.1. The first kappa shape index (κ1) is 102. The zero-order valence-electron chi connectivity index (χ0n) is 66.1. The van der Waals surface area contributed by atoms with E-state index in [-0.39, 0.29) is 94.9 Å². The van der Waals surface area contributed by atoms with Gasteiger partial charge >= 0.3 is 5.97 Å². The fourth-order valence-corrected chi connectivity index (χ4v) is 11.4. The number of carbonyl (C=O) groups excluding carboxylic acids is 15. The van der Waals surface area contributed by atoms with E-state index in [1.807, 2.05) is 0 Å². The standard InChI is InChI=1S/C72H116N24O19S2/c1-7-37(3)55(95-60(106)45(23-16-26-81-71(76)77)87-53(100)31-83-57(103)39(5)84-62(108)47(28-41-18-11-9-12-19-41)89-58(104)40(6)85-66(112)51(35-116)93-65(111)50(34-99)92-59(105)44(73)33-98)68(114)91-49(30-54(101)102)64(110)88-46(24-17-27-82-72(78)79)61(107)96-56(38(4)8-2)69(115)94-52(36-117)67(113)90-48(29-42-20-13-10-14-21-42)63(109)86-43(32-97)22-15-25-80-70(74)75/h9-14,18-21,32,37-40,43-52,55-56,98-99,116-117H,7-8,15-17,22-31,33-36,73H2,1-6H3,(H,83,103)(H,84,108)(H,85,112)(H,86,109)(H,87,100)(H,88,110)(H,89,104)(H,90,113)(H,91,114)(H,92,105)(H,93,111)(H,94,115)(H,95,106)(H,96,107)(H,101,102)(H4,74,75,80)(H4,76,77,81)(H4,78,79,82)/t37-,38-,39-,40+,43-,44-,45-,46-,47-,48-,49-,50-,51-,52-,55-,56-/m0/s1. The number of thiol groups is 2. The molecule has 31 N–H and O–H groups in total. The van der Waals surface area contributed by atoms with Crippen LogP contribution in [0.2, 0.25) is 0 Å². The Morgan fingerprint density at radius 2 is 0.761 bits per heavy atom. The van der Waals surface area contributed by atoms with Gasteiger partial charge in [0.2, 0.25) is 82.7 Å². The molecule has 0 aromatic heterocycles. The summed E-state index contributed by atoms with van der Waals surface area (Å²) in [4.78, 5) is 218. The molecule has 2 aromatic carbocycles.